The fourth-order valence-electron chi connectivity index (χ4n) is 3.38. The summed E-state index contributed by atoms with van der Waals surface area (Å²) in [6, 6.07) is 0. The molecule has 0 spiro atoms. The van der Waals surface area contributed by atoms with Crippen molar-refractivity contribution in [2.75, 3.05) is 4.43 Å². The standard InChI is InChI=1S/C17H29IN2O4Si/c1-11-10-20(15(22)19-14(11)21)17(25(5)6)9-13(23-16(2,3)4)12(24-17)7-8-18/h10,12-13,25H,7-9H2,1-6H3,(H,19,21,22)/t12-,13+,17+/m1/s1. The molecule has 0 aliphatic carbocycles. The third kappa shape index (κ3) is 4.45. The molecule has 8 heteroatoms. The van der Waals surface area contributed by atoms with Crippen LogP contribution in [0.2, 0.25) is 13.1 Å². The fourth-order valence-corrected chi connectivity index (χ4v) is 5.90. The van der Waals surface area contributed by atoms with E-state index in [4.69, 9.17) is 9.47 Å². The lowest BCUT2D eigenvalue weighted by Gasteiger charge is -2.34. The molecule has 1 aromatic rings. The lowest BCUT2D eigenvalue weighted by molar-refractivity contribution is -0.0996. The molecule has 142 valence electrons. The van der Waals surface area contributed by atoms with Gasteiger partial charge in [0.2, 0.25) is 0 Å². The molecule has 1 N–H and O–H groups in total. The molecule has 0 aromatic carbocycles. The van der Waals surface area contributed by atoms with Crippen molar-refractivity contribution in [1.82, 2.24) is 9.55 Å². The van der Waals surface area contributed by atoms with Crippen LogP contribution >= 0.6 is 22.6 Å². The molecule has 0 radical (unpaired) electrons. The second-order valence-electron chi connectivity index (χ2n) is 8.05. The van der Waals surface area contributed by atoms with Gasteiger partial charge in [0.15, 0.2) is 0 Å². The van der Waals surface area contributed by atoms with Crippen LogP contribution < -0.4 is 11.2 Å². The zero-order valence-electron chi connectivity index (χ0n) is 15.9. The molecule has 3 atom stereocenters. The number of hydrogen-bond donors (Lipinski definition) is 1. The van der Waals surface area contributed by atoms with Crippen molar-refractivity contribution in [2.45, 2.75) is 76.8 Å². The van der Waals surface area contributed by atoms with Gasteiger partial charge in [-0.05, 0) is 34.1 Å². The Balaban J connectivity index is 2.52. The van der Waals surface area contributed by atoms with Crippen LogP contribution in [0, 0.1) is 6.92 Å². The summed E-state index contributed by atoms with van der Waals surface area (Å²) in [7, 11) is -1.48. The smallest absolute Gasteiger partial charge is 0.330 e. The van der Waals surface area contributed by atoms with E-state index in [9.17, 15) is 9.59 Å². The molecule has 2 rings (SSSR count). The first-order chi connectivity index (χ1) is 11.5. The van der Waals surface area contributed by atoms with Gasteiger partial charge in [-0.25, -0.2) is 4.79 Å². The Morgan fingerprint density at radius 1 is 1.44 bits per heavy atom. The van der Waals surface area contributed by atoms with E-state index < -0.39 is 19.8 Å². The highest BCUT2D eigenvalue weighted by Crippen LogP contribution is 2.40. The molecule has 0 bridgehead atoms. The van der Waals surface area contributed by atoms with E-state index in [2.05, 4.69) is 40.7 Å². The molecule has 1 saturated heterocycles. The van der Waals surface area contributed by atoms with Gasteiger partial charge < -0.3 is 9.47 Å². The second kappa shape index (κ2) is 7.65. The SMILES string of the molecule is Cc1cn([C@@]2([SiH](C)C)C[C@H](OC(C)(C)C)[C@@H](CCI)O2)c(=O)[nH]c1=O. The number of hydrogen-bond acceptors (Lipinski definition) is 4. The zero-order chi connectivity index (χ0) is 19.0. The van der Waals surface area contributed by atoms with E-state index in [1.54, 1.807) is 17.7 Å². The predicted molar refractivity (Wildman–Crippen MR) is 111 cm³/mol. The Hall–Kier alpha value is -0.453. The van der Waals surface area contributed by atoms with Crippen LogP contribution in [0.25, 0.3) is 0 Å². The average molecular weight is 480 g/mol. The molecule has 25 heavy (non-hydrogen) atoms. The summed E-state index contributed by atoms with van der Waals surface area (Å²) in [4.78, 5) is 26.8. The molecule has 0 saturated carbocycles. The van der Waals surface area contributed by atoms with Crippen LogP contribution in [0.4, 0.5) is 0 Å². The number of halogens is 1. The Bertz CT molecular complexity index is 725. The van der Waals surface area contributed by atoms with Gasteiger partial charge in [0.1, 0.15) is 5.35 Å². The van der Waals surface area contributed by atoms with Gasteiger partial charge in [-0.2, -0.15) is 0 Å². The number of rotatable bonds is 5. The lowest BCUT2D eigenvalue weighted by Crippen LogP contribution is -2.52. The van der Waals surface area contributed by atoms with E-state index in [0.29, 0.717) is 12.0 Å². The number of aryl methyl sites for hydroxylation is 1. The van der Waals surface area contributed by atoms with Crippen molar-refractivity contribution in [3.05, 3.63) is 32.6 Å². The fraction of sp³-hybridized carbons (Fsp3) is 0.765. The molecule has 1 fully saturated rings. The molecule has 0 unspecified atom stereocenters. The monoisotopic (exact) mass is 480 g/mol. The predicted octanol–water partition coefficient (Wildman–Crippen LogP) is 2.32. The second-order valence-corrected chi connectivity index (χ2v) is 12.3. The summed E-state index contributed by atoms with van der Waals surface area (Å²) < 4.78 is 15.4. The first-order valence-electron chi connectivity index (χ1n) is 8.75. The van der Waals surface area contributed by atoms with Crippen LogP contribution in [0.15, 0.2) is 15.8 Å². The molecular weight excluding hydrogens is 451 g/mol. The molecule has 1 aliphatic heterocycles. The Morgan fingerprint density at radius 2 is 2.08 bits per heavy atom. The number of H-pyrrole nitrogens is 1. The maximum absolute atomic E-state index is 12.6. The van der Waals surface area contributed by atoms with Crippen LogP contribution in [0.3, 0.4) is 0 Å². The van der Waals surface area contributed by atoms with E-state index in [1.807, 2.05) is 20.8 Å². The highest BCUT2D eigenvalue weighted by molar-refractivity contribution is 14.1. The van der Waals surface area contributed by atoms with Gasteiger partial charge in [-0.3, -0.25) is 14.3 Å². The number of aromatic nitrogens is 2. The quantitative estimate of drug-likeness (QED) is 0.399. The zero-order valence-corrected chi connectivity index (χ0v) is 19.2. The van der Waals surface area contributed by atoms with E-state index in [1.165, 1.54) is 0 Å². The minimum Gasteiger partial charge on any atom is -0.370 e. The van der Waals surface area contributed by atoms with Crippen LogP contribution in [-0.4, -0.2) is 40.6 Å². The molecular formula is C17H29IN2O4Si. The molecule has 6 nitrogen and oxygen atoms in total. The minimum atomic E-state index is -1.48. The lowest BCUT2D eigenvalue weighted by atomic mass is 10.1. The van der Waals surface area contributed by atoms with Gasteiger partial charge in [0.05, 0.1) is 26.6 Å². The summed E-state index contributed by atoms with van der Waals surface area (Å²) in [6.45, 7) is 12.2. The molecule has 1 aromatic heterocycles. The third-order valence-electron chi connectivity index (χ3n) is 4.59. The van der Waals surface area contributed by atoms with E-state index in [0.717, 1.165) is 10.8 Å². The van der Waals surface area contributed by atoms with Gasteiger partial charge in [0.25, 0.3) is 5.56 Å². The van der Waals surface area contributed by atoms with Crippen molar-refractivity contribution in [3.8, 4) is 0 Å². The van der Waals surface area contributed by atoms with Crippen molar-refractivity contribution in [3.63, 3.8) is 0 Å². The Morgan fingerprint density at radius 3 is 2.60 bits per heavy atom. The van der Waals surface area contributed by atoms with Crippen LogP contribution in [-0.2, 0) is 14.8 Å². The largest absolute Gasteiger partial charge is 0.370 e. The summed E-state index contributed by atoms with van der Waals surface area (Å²) >= 11 is 2.34. The van der Waals surface area contributed by atoms with Gasteiger partial charge in [0, 0.05) is 22.6 Å². The minimum absolute atomic E-state index is 0.0508. The van der Waals surface area contributed by atoms with E-state index in [-0.39, 0.29) is 23.4 Å². The third-order valence-corrected chi connectivity index (χ3v) is 7.67. The maximum Gasteiger partial charge on any atom is 0.330 e. The molecule has 2 heterocycles. The van der Waals surface area contributed by atoms with Crippen LogP contribution in [0.1, 0.15) is 39.2 Å². The van der Waals surface area contributed by atoms with E-state index >= 15 is 0 Å². The van der Waals surface area contributed by atoms with Crippen molar-refractivity contribution >= 4 is 31.4 Å². The number of nitrogens with one attached hydrogen (secondary N) is 1. The van der Waals surface area contributed by atoms with Crippen molar-refractivity contribution in [1.29, 1.82) is 0 Å². The summed E-state index contributed by atoms with van der Waals surface area (Å²) in [6.07, 6.45) is 3.05. The first kappa shape index (κ1) is 20.9. The van der Waals surface area contributed by atoms with Gasteiger partial charge in [-0.15, -0.1) is 0 Å². The normalized spacial score (nSPS) is 27.2. The number of alkyl halides is 1. The highest BCUT2D eigenvalue weighted by atomic mass is 127. The summed E-state index contributed by atoms with van der Waals surface area (Å²) in [5.41, 5.74) is -0.506. The first-order valence-corrected chi connectivity index (χ1v) is 13.2. The number of ether oxygens (including phenoxy) is 2. The molecule has 0 amide bonds. The van der Waals surface area contributed by atoms with Crippen molar-refractivity contribution in [2.24, 2.45) is 0 Å². The Kier molecular flexibility index (Phi) is 6.38. The highest BCUT2D eigenvalue weighted by Gasteiger charge is 2.51. The number of aromatic amines is 1. The van der Waals surface area contributed by atoms with Crippen LogP contribution in [0.5, 0.6) is 0 Å². The van der Waals surface area contributed by atoms with Gasteiger partial charge >= 0.3 is 5.69 Å². The maximum atomic E-state index is 12.6. The Labute approximate surface area is 164 Å². The molecule has 1 aliphatic rings. The van der Waals surface area contributed by atoms with Crippen molar-refractivity contribution < 1.29 is 9.47 Å². The average Bonchev–Trinajstić information content (AvgIpc) is 2.81. The summed E-state index contributed by atoms with van der Waals surface area (Å²) in [5.74, 6) is 0. The number of nitrogens with zero attached hydrogens (tertiary/aromatic N) is 1. The summed E-state index contributed by atoms with van der Waals surface area (Å²) in [5, 5.41) is -0.682. The topological polar surface area (TPSA) is 73.3 Å². The van der Waals surface area contributed by atoms with Gasteiger partial charge in [-0.1, -0.05) is 35.7 Å².